The molecule has 1 aliphatic heterocycles. The van der Waals surface area contributed by atoms with Crippen LogP contribution in [0.4, 0.5) is 5.69 Å². The third-order valence-electron chi connectivity index (χ3n) is 3.34. The van der Waals surface area contributed by atoms with E-state index >= 15 is 0 Å². The summed E-state index contributed by atoms with van der Waals surface area (Å²) in [5, 5.41) is 0. The molecule has 19 heavy (non-hydrogen) atoms. The first kappa shape index (κ1) is 14.3. The van der Waals surface area contributed by atoms with Gasteiger partial charge in [0.25, 0.3) is 0 Å². The van der Waals surface area contributed by atoms with E-state index in [1.54, 1.807) is 18.2 Å². The van der Waals surface area contributed by atoms with Gasteiger partial charge in [-0.15, -0.1) is 0 Å². The van der Waals surface area contributed by atoms with Crippen LogP contribution in [0.15, 0.2) is 23.1 Å². The normalized spacial score (nSPS) is 21.5. The van der Waals surface area contributed by atoms with Crippen LogP contribution in [-0.4, -0.2) is 38.5 Å². The second kappa shape index (κ2) is 5.48. The molecule has 1 atom stereocenters. The molecule has 106 valence electrons. The minimum absolute atomic E-state index is 0.0322. The number of benzene rings is 1. The molecule has 5 nitrogen and oxygen atoms in total. The van der Waals surface area contributed by atoms with Gasteiger partial charge in [-0.25, -0.2) is 8.42 Å². The predicted octanol–water partition coefficient (Wildman–Crippen LogP) is 1.38. The monoisotopic (exact) mass is 284 g/mol. The minimum Gasteiger partial charge on any atom is -0.398 e. The Kier molecular flexibility index (Phi) is 4.13. The maximum Gasteiger partial charge on any atom is 0.245 e. The minimum atomic E-state index is -3.52. The van der Waals surface area contributed by atoms with Crippen molar-refractivity contribution in [3.8, 4) is 0 Å². The molecule has 2 N–H and O–H groups in total. The summed E-state index contributed by atoms with van der Waals surface area (Å²) in [5.74, 6) is 0. The molecule has 0 bridgehead atoms. The second-order valence-electron chi connectivity index (χ2n) is 4.81. The summed E-state index contributed by atoms with van der Waals surface area (Å²) < 4.78 is 32.1. The van der Waals surface area contributed by atoms with Crippen molar-refractivity contribution in [2.75, 3.05) is 25.4 Å². The fourth-order valence-electron chi connectivity index (χ4n) is 2.20. The van der Waals surface area contributed by atoms with Gasteiger partial charge in [-0.2, -0.15) is 4.31 Å². The highest BCUT2D eigenvalue weighted by Gasteiger charge is 2.31. The Balaban J connectivity index is 2.31. The van der Waals surface area contributed by atoms with Crippen LogP contribution < -0.4 is 5.73 Å². The van der Waals surface area contributed by atoms with Gasteiger partial charge < -0.3 is 10.5 Å². The average Bonchev–Trinajstić information content (AvgIpc) is 2.38. The van der Waals surface area contributed by atoms with E-state index in [2.05, 4.69) is 0 Å². The van der Waals surface area contributed by atoms with E-state index in [0.717, 1.165) is 12.0 Å². The highest BCUT2D eigenvalue weighted by atomic mass is 32.2. The number of nitrogens with zero attached hydrogens (tertiary/aromatic N) is 1. The Morgan fingerprint density at radius 2 is 2.21 bits per heavy atom. The van der Waals surface area contributed by atoms with E-state index in [0.29, 0.717) is 25.4 Å². The molecule has 0 radical (unpaired) electrons. The molecule has 1 fully saturated rings. The Morgan fingerprint density at radius 1 is 1.47 bits per heavy atom. The van der Waals surface area contributed by atoms with Gasteiger partial charge >= 0.3 is 0 Å². The molecular weight excluding hydrogens is 264 g/mol. The molecule has 1 unspecified atom stereocenters. The number of ether oxygens (including phenoxy) is 1. The standard InChI is InChI=1S/C13H20N2O3S/c1-3-11-9-15(6-7-18-11)19(16,17)13-5-4-10(2)8-12(13)14/h4-5,8,11H,3,6-7,9,14H2,1-2H3. The molecule has 1 heterocycles. The Bertz CT molecular complexity index is 557. The number of morpholine rings is 1. The quantitative estimate of drug-likeness (QED) is 0.851. The number of hydrogen-bond donors (Lipinski definition) is 1. The van der Waals surface area contributed by atoms with Gasteiger partial charge in [0.15, 0.2) is 0 Å². The first-order chi connectivity index (χ1) is 8.95. The molecule has 0 amide bonds. The van der Waals surface area contributed by atoms with Crippen LogP contribution in [0, 0.1) is 6.92 Å². The van der Waals surface area contributed by atoms with Crippen molar-refractivity contribution in [1.29, 1.82) is 0 Å². The smallest absolute Gasteiger partial charge is 0.245 e. The lowest BCUT2D eigenvalue weighted by atomic mass is 10.2. The molecule has 1 aromatic rings. The van der Waals surface area contributed by atoms with Crippen LogP contribution in [0.5, 0.6) is 0 Å². The van der Waals surface area contributed by atoms with Crippen LogP contribution in [0.25, 0.3) is 0 Å². The lowest BCUT2D eigenvalue weighted by Gasteiger charge is -2.31. The topological polar surface area (TPSA) is 72.6 Å². The molecular formula is C13H20N2O3S. The fraction of sp³-hybridized carbons (Fsp3) is 0.538. The van der Waals surface area contributed by atoms with Gasteiger partial charge in [0.1, 0.15) is 4.90 Å². The highest BCUT2D eigenvalue weighted by Crippen LogP contribution is 2.25. The fourth-order valence-corrected chi connectivity index (χ4v) is 3.75. The van der Waals surface area contributed by atoms with Crippen LogP contribution in [0.1, 0.15) is 18.9 Å². The summed E-state index contributed by atoms with van der Waals surface area (Å²) in [7, 11) is -3.52. The first-order valence-corrected chi connectivity index (χ1v) is 7.87. The van der Waals surface area contributed by atoms with Gasteiger partial charge in [0, 0.05) is 13.1 Å². The van der Waals surface area contributed by atoms with E-state index in [4.69, 9.17) is 10.5 Å². The van der Waals surface area contributed by atoms with Gasteiger partial charge in [-0.05, 0) is 31.0 Å². The molecule has 0 aromatic heterocycles. The number of nitrogens with two attached hydrogens (primary N) is 1. The first-order valence-electron chi connectivity index (χ1n) is 6.43. The summed E-state index contributed by atoms with van der Waals surface area (Å²) in [6.07, 6.45) is 0.769. The van der Waals surface area contributed by atoms with E-state index in [-0.39, 0.29) is 11.0 Å². The Labute approximate surface area is 114 Å². The van der Waals surface area contributed by atoms with Gasteiger partial charge in [0.2, 0.25) is 10.0 Å². The van der Waals surface area contributed by atoms with Crippen LogP contribution in [-0.2, 0) is 14.8 Å². The van der Waals surface area contributed by atoms with E-state index in [9.17, 15) is 8.42 Å². The van der Waals surface area contributed by atoms with Gasteiger partial charge in [0.05, 0.1) is 18.4 Å². The Hall–Kier alpha value is -1.11. The van der Waals surface area contributed by atoms with Crippen molar-refractivity contribution >= 4 is 15.7 Å². The zero-order valence-corrected chi connectivity index (χ0v) is 12.1. The van der Waals surface area contributed by atoms with Crippen molar-refractivity contribution in [2.24, 2.45) is 0 Å². The van der Waals surface area contributed by atoms with E-state index in [1.807, 2.05) is 13.8 Å². The van der Waals surface area contributed by atoms with Crippen LogP contribution in [0.3, 0.4) is 0 Å². The molecule has 1 aromatic carbocycles. The third-order valence-corrected chi connectivity index (χ3v) is 5.28. The largest absolute Gasteiger partial charge is 0.398 e. The van der Waals surface area contributed by atoms with Crippen LogP contribution in [0.2, 0.25) is 0 Å². The SMILES string of the molecule is CCC1CN(S(=O)(=O)c2ccc(C)cc2N)CCO1. The summed E-state index contributed by atoms with van der Waals surface area (Å²) in [6, 6.07) is 5.03. The average molecular weight is 284 g/mol. The second-order valence-corrected chi connectivity index (χ2v) is 6.71. The third kappa shape index (κ3) is 2.91. The molecule has 2 rings (SSSR count). The van der Waals surface area contributed by atoms with Crippen molar-refractivity contribution in [3.05, 3.63) is 23.8 Å². The molecule has 0 aliphatic carbocycles. The maximum atomic E-state index is 12.6. The summed E-state index contributed by atoms with van der Waals surface area (Å²) in [4.78, 5) is 0.190. The molecule has 1 aliphatic rings. The maximum absolute atomic E-state index is 12.6. The lowest BCUT2D eigenvalue weighted by Crippen LogP contribution is -2.45. The number of rotatable bonds is 3. The summed E-state index contributed by atoms with van der Waals surface area (Å²) in [5.41, 5.74) is 7.10. The summed E-state index contributed by atoms with van der Waals surface area (Å²) in [6.45, 7) is 5.08. The zero-order valence-electron chi connectivity index (χ0n) is 11.3. The number of aryl methyl sites for hydroxylation is 1. The highest BCUT2D eigenvalue weighted by molar-refractivity contribution is 7.89. The van der Waals surface area contributed by atoms with Gasteiger partial charge in [-0.1, -0.05) is 13.0 Å². The van der Waals surface area contributed by atoms with E-state index < -0.39 is 10.0 Å². The van der Waals surface area contributed by atoms with Crippen molar-refractivity contribution < 1.29 is 13.2 Å². The molecule has 0 spiro atoms. The summed E-state index contributed by atoms with van der Waals surface area (Å²) >= 11 is 0. The number of hydrogen-bond acceptors (Lipinski definition) is 4. The number of nitrogen functional groups attached to an aromatic ring is 1. The lowest BCUT2D eigenvalue weighted by molar-refractivity contribution is -0.00276. The predicted molar refractivity (Wildman–Crippen MR) is 74.4 cm³/mol. The number of anilines is 1. The van der Waals surface area contributed by atoms with E-state index in [1.165, 1.54) is 4.31 Å². The number of sulfonamides is 1. The van der Waals surface area contributed by atoms with Crippen LogP contribution >= 0.6 is 0 Å². The molecule has 0 saturated carbocycles. The Morgan fingerprint density at radius 3 is 2.84 bits per heavy atom. The molecule has 6 heteroatoms. The van der Waals surface area contributed by atoms with Crippen molar-refractivity contribution in [3.63, 3.8) is 0 Å². The van der Waals surface area contributed by atoms with Gasteiger partial charge in [-0.3, -0.25) is 0 Å². The van der Waals surface area contributed by atoms with Crippen molar-refractivity contribution in [1.82, 2.24) is 4.31 Å². The molecule has 1 saturated heterocycles. The zero-order chi connectivity index (χ0) is 14.0. The van der Waals surface area contributed by atoms with Crippen molar-refractivity contribution in [2.45, 2.75) is 31.3 Å².